The number of amides is 1. The number of carbonyl (C=O) groups is 1. The van der Waals surface area contributed by atoms with E-state index in [2.05, 4.69) is 19.2 Å². The van der Waals surface area contributed by atoms with Crippen molar-refractivity contribution in [2.24, 2.45) is 11.3 Å². The summed E-state index contributed by atoms with van der Waals surface area (Å²) in [4.78, 5) is 10.9. The van der Waals surface area contributed by atoms with Crippen molar-refractivity contribution >= 4 is 6.09 Å². The van der Waals surface area contributed by atoms with Crippen LogP contribution in [0.5, 0.6) is 0 Å². The lowest BCUT2D eigenvalue weighted by Gasteiger charge is -2.36. The standard InChI is InChI=1S/C11H19NO2/c1-11(2)5-3-4-8(6-11)9-7-12-10(13)14-9/h8-9H,3-7H2,1-2H3,(H,12,13). The fourth-order valence-corrected chi connectivity index (χ4v) is 2.74. The molecule has 1 saturated heterocycles. The smallest absolute Gasteiger partial charge is 0.407 e. The fraction of sp³-hybridized carbons (Fsp3) is 0.909. The predicted molar refractivity (Wildman–Crippen MR) is 54.0 cm³/mol. The SMILES string of the molecule is CC1(C)CCCC(C2CNC(=O)O2)C1. The molecule has 0 spiro atoms. The number of hydrogen-bond donors (Lipinski definition) is 1. The molecule has 3 heteroatoms. The lowest BCUT2D eigenvalue weighted by atomic mass is 9.70. The van der Waals surface area contributed by atoms with Crippen LogP contribution in [0.2, 0.25) is 0 Å². The van der Waals surface area contributed by atoms with Crippen LogP contribution in [0, 0.1) is 11.3 Å². The van der Waals surface area contributed by atoms with E-state index in [-0.39, 0.29) is 12.2 Å². The monoisotopic (exact) mass is 197 g/mol. The largest absolute Gasteiger partial charge is 0.444 e. The fourth-order valence-electron chi connectivity index (χ4n) is 2.74. The van der Waals surface area contributed by atoms with Crippen molar-refractivity contribution in [2.75, 3.05) is 6.54 Å². The molecule has 2 rings (SSSR count). The van der Waals surface area contributed by atoms with Crippen LogP contribution in [0.15, 0.2) is 0 Å². The summed E-state index contributed by atoms with van der Waals surface area (Å²) in [6.45, 7) is 5.33. The first-order valence-electron chi connectivity index (χ1n) is 5.51. The normalized spacial score (nSPS) is 36.3. The van der Waals surface area contributed by atoms with Crippen LogP contribution in [-0.2, 0) is 4.74 Å². The third-order valence-electron chi connectivity index (χ3n) is 3.48. The van der Waals surface area contributed by atoms with Gasteiger partial charge in [-0.25, -0.2) is 4.79 Å². The zero-order valence-electron chi connectivity index (χ0n) is 9.01. The average molecular weight is 197 g/mol. The summed E-state index contributed by atoms with van der Waals surface area (Å²) in [7, 11) is 0. The van der Waals surface area contributed by atoms with Gasteiger partial charge >= 0.3 is 6.09 Å². The van der Waals surface area contributed by atoms with Gasteiger partial charge in [-0.2, -0.15) is 0 Å². The summed E-state index contributed by atoms with van der Waals surface area (Å²) < 4.78 is 5.24. The third-order valence-corrected chi connectivity index (χ3v) is 3.48. The summed E-state index contributed by atoms with van der Waals surface area (Å²) in [6.07, 6.45) is 4.86. The molecule has 1 amide bonds. The Hall–Kier alpha value is -0.730. The molecule has 0 bridgehead atoms. The van der Waals surface area contributed by atoms with Gasteiger partial charge in [0.25, 0.3) is 0 Å². The molecule has 0 aromatic carbocycles. The molecule has 2 atom stereocenters. The molecule has 1 aliphatic heterocycles. The van der Waals surface area contributed by atoms with E-state index in [1.54, 1.807) is 0 Å². The highest BCUT2D eigenvalue weighted by molar-refractivity contribution is 5.69. The quantitative estimate of drug-likeness (QED) is 0.700. The van der Waals surface area contributed by atoms with E-state index in [0.717, 1.165) is 0 Å². The lowest BCUT2D eigenvalue weighted by Crippen LogP contribution is -2.32. The molecule has 1 heterocycles. The second-order valence-electron chi connectivity index (χ2n) is 5.35. The highest BCUT2D eigenvalue weighted by Gasteiger charge is 2.36. The lowest BCUT2D eigenvalue weighted by molar-refractivity contribution is 0.0567. The number of nitrogens with one attached hydrogen (secondary N) is 1. The first-order chi connectivity index (χ1) is 6.57. The minimum Gasteiger partial charge on any atom is -0.444 e. The predicted octanol–water partition coefficient (Wildman–Crippen LogP) is 2.31. The maximum absolute atomic E-state index is 10.9. The molecule has 1 N–H and O–H groups in total. The molecular weight excluding hydrogens is 178 g/mol. The van der Waals surface area contributed by atoms with E-state index in [1.165, 1.54) is 25.7 Å². The van der Waals surface area contributed by atoms with Gasteiger partial charge in [0, 0.05) is 0 Å². The number of cyclic esters (lactones) is 1. The van der Waals surface area contributed by atoms with Gasteiger partial charge in [-0.15, -0.1) is 0 Å². The zero-order valence-corrected chi connectivity index (χ0v) is 9.01. The molecule has 3 nitrogen and oxygen atoms in total. The van der Waals surface area contributed by atoms with Crippen LogP contribution in [-0.4, -0.2) is 18.7 Å². The van der Waals surface area contributed by atoms with Crippen LogP contribution in [0.25, 0.3) is 0 Å². The molecule has 14 heavy (non-hydrogen) atoms. The van der Waals surface area contributed by atoms with Crippen LogP contribution in [0.1, 0.15) is 39.5 Å². The van der Waals surface area contributed by atoms with Gasteiger partial charge in [-0.05, 0) is 30.6 Å². The van der Waals surface area contributed by atoms with Crippen LogP contribution in [0.3, 0.4) is 0 Å². The highest BCUT2D eigenvalue weighted by Crippen LogP contribution is 2.40. The molecule has 2 fully saturated rings. The van der Waals surface area contributed by atoms with Gasteiger partial charge in [0.15, 0.2) is 0 Å². The van der Waals surface area contributed by atoms with E-state index in [4.69, 9.17) is 4.74 Å². The number of rotatable bonds is 1. The van der Waals surface area contributed by atoms with Gasteiger partial charge in [0.05, 0.1) is 6.54 Å². The van der Waals surface area contributed by atoms with E-state index in [9.17, 15) is 4.79 Å². The Kier molecular flexibility index (Phi) is 2.41. The van der Waals surface area contributed by atoms with Gasteiger partial charge in [-0.3, -0.25) is 0 Å². The van der Waals surface area contributed by atoms with Crippen LogP contribution < -0.4 is 5.32 Å². The Morgan fingerprint density at radius 1 is 1.50 bits per heavy atom. The molecule has 1 aliphatic carbocycles. The van der Waals surface area contributed by atoms with Crippen LogP contribution in [0.4, 0.5) is 4.79 Å². The maximum Gasteiger partial charge on any atom is 0.407 e. The van der Waals surface area contributed by atoms with E-state index in [1.807, 2.05) is 0 Å². The van der Waals surface area contributed by atoms with Crippen molar-refractivity contribution in [2.45, 2.75) is 45.6 Å². The first kappa shape index (κ1) is 9.81. The molecular formula is C11H19NO2. The average Bonchev–Trinajstić information content (AvgIpc) is 2.50. The molecule has 2 unspecified atom stereocenters. The van der Waals surface area contributed by atoms with Gasteiger partial charge in [0.1, 0.15) is 6.10 Å². The maximum atomic E-state index is 10.9. The Morgan fingerprint density at radius 2 is 2.29 bits per heavy atom. The molecule has 0 radical (unpaired) electrons. The van der Waals surface area contributed by atoms with Crippen LogP contribution >= 0.6 is 0 Å². The zero-order chi connectivity index (χ0) is 10.2. The summed E-state index contributed by atoms with van der Waals surface area (Å²) >= 11 is 0. The van der Waals surface area contributed by atoms with Crippen molar-refractivity contribution in [3.05, 3.63) is 0 Å². The minimum atomic E-state index is -0.238. The molecule has 0 aromatic heterocycles. The molecule has 0 aromatic rings. The summed E-state index contributed by atoms with van der Waals surface area (Å²) in [5.74, 6) is 0.567. The van der Waals surface area contributed by atoms with Gasteiger partial charge in [-0.1, -0.05) is 20.3 Å². The minimum absolute atomic E-state index is 0.127. The summed E-state index contributed by atoms with van der Waals surface area (Å²) in [6, 6.07) is 0. The second kappa shape index (κ2) is 3.44. The van der Waals surface area contributed by atoms with Crippen molar-refractivity contribution in [1.29, 1.82) is 0 Å². The third kappa shape index (κ3) is 2.02. The van der Waals surface area contributed by atoms with Crippen molar-refractivity contribution in [1.82, 2.24) is 5.32 Å². The van der Waals surface area contributed by atoms with E-state index >= 15 is 0 Å². The number of hydrogen-bond acceptors (Lipinski definition) is 2. The topological polar surface area (TPSA) is 38.3 Å². The number of ether oxygens (including phenoxy) is 1. The Labute approximate surface area is 85.2 Å². The number of carbonyl (C=O) groups excluding carboxylic acids is 1. The van der Waals surface area contributed by atoms with Gasteiger partial charge in [0.2, 0.25) is 0 Å². The molecule has 1 saturated carbocycles. The Balaban J connectivity index is 1.94. The summed E-state index contributed by atoms with van der Waals surface area (Å²) in [5, 5.41) is 2.73. The van der Waals surface area contributed by atoms with E-state index < -0.39 is 0 Å². The van der Waals surface area contributed by atoms with Crippen molar-refractivity contribution < 1.29 is 9.53 Å². The first-order valence-corrected chi connectivity index (χ1v) is 5.51. The van der Waals surface area contributed by atoms with E-state index in [0.29, 0.717) is 17.9 Å². The number of alkyl carbamates (subject to hydrolysis) is 1. The molecule has 80 valence electrons. The molecule has 2 aliphatic rings. The Morgan fingerprint density at radius 3 is 2.86 bits per heavy atom. The Bertz CT molecular complexity index is 237. The van der Waals surface area contributed by atoms with Gasteiger partial charge < -0.3 is 10.1 Å². The highest BCUT2D eigenvalue weighted by atomic mass is 16.6. The second-order valence-corrected chi connectivity index (χ2v) is 5.35. The van der Waals surface area contributed by atoms with Crippen molar-refractivity contribution in [3.63, 3.8) is 0 Å². The summed E-state index contributed by atoms with van der Waals surface area (Å²) in [5.41, 5.74) is 0.428. The van der Waals surface area contributed by atoms with Crippen molar-refractivity contribution in [3.8, 4) is 0 Å².